The van der Waals surface area contributed by atoms with Crippen LogP contribution in [0.3, 0.4) is 0 Å². The zero-order chi connectivity index (χ0) is 17.3. The van der Waals surface area contributed by atoms with Crippen molar-refractivity contribution in [2.24, 2.45) is 28.6 Å². The molecule has 24 heavy (non-hydrogen) atoms. The number of allylic oxidation sites excluding steroid dienone is 2. The molecular weight excluding hydrogens is 296 g/mol. The van der Waals surface area contributed by atoms with E-state index in [0.29, 0.717) is 16.9 Å². The van der Waals surface area contributed by atoms with Gasteiger partial charge in [0.25, 0.3) is 0 Å². The Morgan fingerprint density at radius 3 is 2.62 bits per heavy atom. The standard InChI is InChI=1S/C20H30O2.C2H6/c1-12-4-5-15-14-10-17-20(22-17)11-13(21)6-9-19(20,3)16(14)7-8-18(12,15)2;1-2/h4,13-17,21H,5-11H2,1-3H3;1-2H3. The van der Waals surface area contributed by atoms with Crippen LogP contribution in [0.4, 0.5) is 0 Å². The van der Waals surface area contributed by atoms with E-state index in [1.807, 2.05) is 13.8 Å². The first-order valence-electron chi connectivity index (χ1n) is 10.4. The summed E-state index contributed by atoms with van der Waals surface area (Å²) in [7, 11) is 0. The minimum atomic E-state index is -0.126. The Morgan fingerprint density at radius 1 is 1.12 bits per heavy atom. The minimum Gasteiger partial charge on any atom is -0.393 e. The second kappa shape index (κ2) is 5.33. The van der Waals surface area contributed by atoms with E-state index >= 15 is 0 Å². The van der Waals surface area contributed by atoms with Crippen molar-refractivity contribution >= 4 is 0 Å². The van der Waals surface area contributed by atoms with Crippen molar-refractivity contribution < 1.29 is 9.84 Å². The number of fused-ring (bicyclic) bond motifs is 4. The molecule has 5 rings (SSSR count). The molecule has 0 aromatic rings. The molecule has 0 amide bonds. The van der Waals surface area contributed by atoms with Gasteiger partial charge in [-0.25, -0.2) is 0 Å². The summed E-state index contributed by atoms with van der Waals surface area (Å²) < 4.78 is 6.37. The van der Waals surface area contributed by atoms with Crippen molar-refractivity contribution in [3.63, 3.8) is 0 Å². The van der Waals surface area contributed by atoms with Crippen molar-refractivity contribution in [3.05, 3.63) is 11.6 Å². The third-order valence-corrected chi connectivity index (χ3v) is 9.03. The van der Waals surface area contributed by atoms with Crippen molar-refractivity contribution in [2.75, 3.05) is 0 Å². The molecule has 5 aliphatic rings. The largest absolute Gasteiger partial charge is 0.393 e. The van der Waals surface area contributed by atoms with Gasteiger partial charge < -0.3 is 9.84 Å². The first kappa shape index (κ1) is 17.1. The second-order valence-corrected chi connectivity index (χ2v) is 9.50. The Bertz CT molecular complexity index is 554. The van der Waals surface area contributed by atoms with Crippen LogP contribution in [-0.4, -0.2) is 22.9 Å². The highest BCUT2D eigenvalue weighted by molar-refractivity contribution is 5.28. The molecule has 0 aromatic heterocycles. The summed E-state index contributed by atoms with van der Waals surface area (Å²) in [4.78, 5) is 0. The molecule has 1 saturated heterocycles. The average Bonchev–Trinajstić information content (AvgIpc) is 3.18. The van der Waals surface area contributed by atoms with Crippen molar-refractivity contribution in [1.82, 2.24) is 0 Å². The van der Waals surface area contributed by atoms with Gasteiger partial charge in [-0.05, 0) is 68.6 Å². The van der Waals surface area contributed by atoms with Gasteiger partial charge in [-0.15, -0.1) is 0 Å². The SMILES string of the molecule is CC.CC1=CCC2C3CC4OC45CC(O)CCC5(C)C3CCC12C. The Morgan fingerprint density at radius 2 is 1.88 bits per heavy atom. The molecule has 1 aliphatic heterocycles. The monoisotopic (exact) mass is 332 g/mol. The van der Waals surface area contributed by atoms with Crippen LogP contribution in [0.5, 0.6) is 0 Å². The summed E-state index contributed by atoms with van der Waals surface area (Å²) >= 11 is 0. The fourth-order valence-corrected chi connectivity index (χ4v) is 7.44. The summed E-state index contributed by atoms with van der Waals surface area (Å²) in [6.07, 6.45) is 11.2. The van der Waals surface area contributed by atoms with Gasteiger partial charge >= 0.3 is 0 Å². The molecule has 0 aromatic carbocycles. The van der Waals surface area contributed by atoms with Gasteiger partial charge in [0.2, 0.25) is 0 Å². The fourth-order valence-electron chi connectivity index (χ4n) is 7.44. The predicted octanol–water partition coefficient (Wildman–Crippen LogP) is 5.10. The van der Waals surface area contributed by atoms with Crippen molar-refractivity contribution in [2.45, 2.75) is 97.4 Å². The molecule has 2 heteroatoms. The maximum absolute atomic E-state index is 10.2. The molecule has 4 fully saturated rings. The highest BCUT2D eigenvalue weighted by Gasteiger charge is 2.75. The first-order valence-corrected chi connectivity index (χ1v) is 10.4. The van der Waals surface area contributed by atoms with Gasteiger partial charge in [0, 0.05) is 11.8 Å². The van der Waals surface area contributed by atoms with Gasteiger partial charge in [0.05, 0.1) is 12.2 Å². The maximum Gasteiger partial charge on any atom is 0.103 e. The topological polar surface area (TPSA) is 32.8 Å². The molecule has 1 N–H and O–H groups in total. The highest BCUT2D eigenvalue weighted by atomic mass is 16.6. The minimum absolute atomic E-state index is 0.0423. The maximum atomic E-state index is 10.2. The molecular formula is C22H36O2. The van der Waals surface area contributed by atoms with Crippen LogP contribution in [0.25, 0.3) is 0 Å². The van der Waals surface area contributed by atoms with E-state index in [2.05, 4.69) is 26.8 Å². The van der Waals surface area contributed by atoms with E-state index in [1.165, 1.54) is 32.1 Å². The molecule has 0 bridgehead atoms. The van der Waals surface area contributed by atoms with Crippen molar-refractivity contribution in [1.29, 1.82) is 0 Å². The van der Waals surface area contributed by atoms with E-state index < -0.39 is 0 Å². The van der Waals surface area contributed by atoms with Crippen LogP contribution in [0, 0.1) is 28.6 Å². The lowest BCUT2D eigenvalue weighted by Crippen LogP contribution is -2.58. The quantitative estimate of drug-likeness (QED) is 0.494. The molecule has 2 nitrogen and oxygen atoms in total. The summed E-state index contributed by atoms with van der Waals surface area (Å²) in [5, 5.41) is 10.2. The zero-order valence-electron chi connectivity index (χ0n) is 16.3. The number of aliphatic hydroxyl groups is 1. The average molecular weight is 333 g/mol. The smallest absolute Gasteiger partial charge is 0.103 e. The Labute approximate surface area is 148 Å². The molecule has 4 aliphatic carbocycles. The number of aliphatic hydroxyl groups excluding tert-OH is 1. The number of rotatable bonds is 0. The van der Waals surface area contributed by atoms with E-state index in [0.717, 1.165) is 30.6 Å². The summed E-state index contributed by atoms with van der Waals surface area (Å²) in [6, 6.07) is 0. The van der Waals surface area contributed by atoms with E-state index in [9.17, 15) is 5.11 Å². The van der Waals surface area contributed by atoms with Gasteiger partial charge in [-0.2, -0.15) is 0 Å². The van der Waals surface area contributed by atoms with E-state index in [4.69, 9.17) is 4.74 Å². The van der Waals surface area contributed by atoms with Gasteiger partial charge in [0.15, 0.2) is 0 Å². The number of epoxide rings is 1. The van der Waals surface area contributed by atoms with Crippen LogP contribution in [0.1, 0.15) is 79.6 Å². The number of hydrogen-bond donors (Lipinski definition) is 1. The van der Waals surface area contributed by atoms with Crippen molar-refractivity contribution in [3.8, 4) is 0 Å². The number of hydrogen-bond acceptors (Lipinski definition) is 2. The first-order chi connectivity index (χ1) is 11.4. The Hall–Kier alpha value is -0.340. The van der Waals surface area contributed by atoms with Gasteiger partial charge in [-0.3, -0.25) is 0 Å². The highest BCUT2D eigenvalue weighted by Crippen LogP contribution is 2.73. The Kier molecular flexibility index (Phi) is 3.80. The van der Waals surface area contributed by atoms with E-state index in [-0.39, 0.29) is 11.7 Å². The molecule has 8 atom stereocenters. The van der Waals surface area contributed by atoms with Crippen LogP contribution in [0.2, 0.25) is 0 Å². The summed E-state index contributed by atoms with van der Waals surface area (Å²) in [6.45, 7) is 11.4. The third-order valence-electron chi connectivity index (χ3n) is 9.03. The van der Waals surface area contributed by atoms with E-state index in [1.54, 1.807) is 5.57 Å². The Balaban J connectivity index is 0.000000704. The van der Waals surface area contributed by atoms with Gasteiger partial charge in [-0.1, -0.05) is 39.3 Å². The summed E-state index contributed by atoms with van der Waals surface area (Å²) in [5.41, 5.74) is 2.47. The fraction of sp³-hybridized carbons (Fsp3) is 0.909. The zero-order valence-corrected chi connectivity index (χ0v) is 16.3. The van der Waals surface area contributed by atoms with Crippen LogP contribution < -0.4 is 0 Å². The molecule has 0 radical (unpaired) electrons. The predicted molar refractivity (Wildman–Crippen MR) is 97.7 cm³/mol. The third kappa shape index (κ3) is 1.91. The normalized spacial score (nSPS) is 57.4. The molecule has 1 spiro atoms. The molecule has 3 saturated carbocycles. The second-order valence-electron chi connectivity index (χ2n) is 9.50. The van der Waals surface area contributed by atoms with Gasteiger partial charge in [0.1, 0.15) is 5.60 Å². The number of ether oxygens (including phenoxy) is 1. The van der Waals surface area contributed by atoms with Crippen LogP contribution >= 0.6 is 0 Å². The molecule has 1 heterocycles. The molecule has 8 unspecified atom stereocenters. The van der Waals surface area contributed by atoms with Crippen LogP contribution in [-0.2, 0) is 4.74 Å². The molecule has 136 valence electrons. The lowest BCUT2D eigenvalue weighted by Gasteiger charge is -2.59. The summed E-state index contributed by atoms with van der Waals surface area (Å²) in [5.74, 6) is 2.50. The lowest BCUT2D eigenvalue weighted by molar-refractivity contribution is -0.104. The lowest BCUT2D eigenvalue weighted by atomic mass is 9.44. The van der Waals surface area contributed by atoms with Crippen LogP contribution in [0.15, 0.2) is 11.6 Å².